The average molecular weight is 326 g/mol. The van der Waals surface area contributed by atoms with Crippen molar-refractivity contribution < 1.29 is 18.3 Å². The topological polar surface area (TPSA) is 74.7 Å². The number of carbonyl (C=O) groups is 1. The van der Waals surface area contributed by atoms with Crippen LogP contribution >= 0.6 is 23.2 Å². The number of likely N-dealkylation sites (N-methyl/N-ethyl adjacent to an activating group) is 1. The van der Waals surface area contributed by atoms with Crippen LogP contribution in [0.5, 0.6) is 0 Å². The third-order valence-corrected chi connectivity index (χ3v) is 5.31. The zero-order valence-corrected chi connectivity index (χ0v) is 12.6. The Bertz CT molecular complexity index is 588. The summed E-state index contributed by atoms with van der Waals surface area (Å²) in [5.74, 6) is -1.54. The van der Waals surface area contributed by atoms with Crippen LogP contribution in [-0.4, -0.2) is 36.9 Å². The molecule has 8 heteroatoms. The lowest BCUT2D eigenvalue weighted by Gasteiger charge is -2.21. The molecule has 106 valence electrons. The Morgan fingerprint density at radius 2 is 1.95 bits per heavy atom. The van der Waals surface area contributed by atoms with Gasteiger partial charge in [0, 0.05) is 7.05 Å². The first-order chi connectivity index (χ1) is 8.65. The molecule has 1 atom stereocenters. The highest BCUT2D eigenvalue weighted by atomic mass is 35.5. The highest BCUT2D eigenvalue weighted by molar-refractivity contribution is 7.88. The Kier molecular flexibility index (Phi) is 5.20. The van der Waals surface area contributed by atoms with Gasteiger partial charge < -0.3 is 5.11 Å². The summed E-state index contributed by atoms with van der Waals surface area (Å²) in [5.41, 5.74) is 0.443. The van der Waals surface area contributed by atoms with E-state index >= 15 is 0 Å². The quantitative estimate of drug-likeness (QED) is 0.900. The Morgan fingerprint density at radius 3 is 2.42 bits per heavy atom. The van der Waals surface area contributed by atoms with Crippen LogP contribution in [0.4, 0.5) is 0 Å². The van der Waals surface area contributed by atoms with E-state index in [9.17, 15) is 13.2 Å². The van der Waals surface area contributed by atoms with Crippen molar-refractivity contribution in [1.82, 2.24) is 4.31 Å². The van der Waals surface area contributed by atoms with E-state index in [2.05, 4.69) is 0 Å². The molecule has 1 aromatic carbocycles. The molecule has 1 unspecified atom stereocenters. The van der Waals surface area contributed by atoms with E-state index in [0.717, 1.165) is 4.31 Å². The molecule has 0 saturated carbocycles. The minimum atomic E-state index is -3.74. The molecule has 0 saturated heterocycles. The van der Waals surface area contributed by atoms with Gasteiger partial charge in [0.15, 0.2) is 0 Å². The summed E-state index contributed by atoms with van der Waals surface area (Å²) in [6.45, 7) is 1.30. The fraction of sp³-hybridized carbons (Fsp3) is 0.364. The molecule has 0 aliphatic carbocycles. The smallest absolute Gasteiger partial charge is 0.321 e. The van der Waals surface area contributed by atoms with Gasteiger partial charge in [0.25, 0.3) is 0 Å². The molecule has 0 aliphatic rings. The van der Waals surface area contributed by atoms with Gasteiger partial charge in [-0.15, -0.1) is 0 Å². The lowest BCUT2D eigenvalue weighted by molar-refractivity contribution is -0.140. The Morgan fingerprint density at radius 1 is 1.37 bits per heavy atom. The van der Waals surface area contributed by atoms with Gasteiger partial charge in [0.2, 0.25) is 10.0 Å². The van der Waals surface area contributed by atoms with E-state index in [0.29, 0.717) is 10.6 Å². The molecule has 19 heavy (non-hydrogen) atoms. The molecule has 0 spiro atoms. The van der Waals surface area contributed by atoms with Gasteiger partial charge in [-0.1, -0.05) is 29.3 Å². The molecule has 0 aliphatic heterocycles. The lowest BCUT2D eigenvalue weighted by Crippen LogP contribution is -2.40. The summed E-state index contributed by atoms with van der Waals surface area (Å²) in [6.07, 6.45) is 0. The van der Waals surface area contributed by atoms with Crippen LogP contribution in [0.15, 0.2) is 18.2 Å². The predicted molar refractivity (Wildman–Crippen MR) is 73.9 cm³/mol. The number of carboxylic acids is 1. The van der Waals surface area contributed by atoms with Gasteiger partial charge in [-0.05, 0) is 24.6 Å². The summed E-state index contributed by atoms with van der Waals surface area (Å²) in [5, 5.41) is 9.40. The maximum Gasteiger partial charge on any atom is 0.321 e. The number of hydrogen-bond acceptors (Lipinski definition) is 3. The van der Waals surface area contributed by atoms with Crippen molar-refractivity contribution in [2.45, 2.75) is 18.7 Å². The Labute approximate surface area is 121 Å². The van der Waals surface area contributed by atoms with Crippen LogP contribution in [0.1, 0.15) is 12.5 Å². The van der Waals surface area contributed by atoms with Crippen LogP contribution in [0.2, 0.25) is 10.0 Å². The molecule has 0 radical (unpaired) electrons. The average Bonchev–Trinajstić information content (AvgIpc) is 2.31. The van der Waals surface area contributed by atoms with E-state index in [1.165, 1.54) is 32.2 Å². The lowest BCUT2D eigenvalue weighted by atomic mass is 10.2. The zero-order valence-electron chi connectivity index (χ0n) is 10.3. The molecule has 0 fully saturated rings. The van der Waals surface area contributed by atoms with Crippen LogP contribution in [0.3, 0.4) is 0 Å². The van der Waals surface area contributed by atoms with E-state index in [1.807, 2.05) is 0 Å². The van der Waals surface area contributed by atoms with Crippen LogP contribution in [0.25, 0.3) is 0 Å². The van der Waals surface area contributed by atoms with Crippen LogP contribution in [0, 0.1) is 0 Å². The minimum absolute atomic E-state index is 0.253. The van der Waals surface area contributed by atoms with Gasteiger partial charge in [-0.3, -0.25) is 4.79 Å². The van der Waals surface area contributed by atoms with Gasteiger partial charge in [0.05, 0.1) is 15.8 Å². The molecular formula is C11H13Cl2NO4S. The summed E-state index contributed by atoms with van der Waals surface area (Å²) in [7, 11) is -2.51. The first kappa shape index (κ1) is 16.2. The van der Waals surface area contributed by atoms with E-state index in [4.69, 9.17) is 28.3 Å². The highest BCUT2D eigenvalue weighted by Gasteiger charge is 2.28. The molecule has 5 nitrogen and oxygen atoms in total. The molecular weight excluding hydrogens is 313 g/mol. The predicted octanol–water partition coefficient (Wildman–Crippen LogP) is 2.23. The second-order valence-corrected chi connectivity index (χ2v) is 6.88. The van der Waals surface area contributed by atoms with Crippen LogP contribution in [-0.2, 0) is 20.6 Å². The van der Waals surface area contributed by atoms with Crippen molar-refractivity contribution in [2.24, 2.45) is 0 Å². The van der Waals surface area contributed by atoms with E-state index in [-0.39, 0.29) is 10.8 Å². The Hall–Kier alpha value is -0.820. The number of carboxylic acid groups (broad SMARTS) is 1. The van der Waals surface area contributed by atoms with Gasteiger partial charge in [0.1, 0.15) is 6.04 Å². The fourth-order valence-electron chi connectivity index (χ4n) is 1.34. The third-order valence-electron chi connectivity index (χ3n) is 2.67. The second-order valence-electron chi connectivity index (χ2n) is 4.04. The van der Waals surface area contributed by atoms with E-state index < -0.39 is 22.0 Å². The third kappa shape index (κ3) is 4.07. The second kappa shape index (κ2) is 6.09. The normalized spacial score (nSPS) is 13.5. The van der Waals surface area contributed by atoms with Crippen molar-refractivity contribution in [1.29, 1.82) is 0 Å². The number of aliphatic carboxylic acids is 1. The maximum absolute atomic E-state index is 12.0. The van der Waals surface area contributed by atoms with Crippen molar-refractivity contribution in [3.8, 4) is 0 Å². The van der Waals surface area contributed by atoms with Crippen molar-refractivity contribution >= 4 is 39.2 Å². The Balaban J connectivity index is 2.96. The van der Waals surface area contributed by atoms with Gasteiger partial charge in [-0.25, -0.2) is 8.42 Å². The zero-order chi connectivity index (χ0) is 14.8. The number of rotatable bonds is 5. The number of sulfonamides is 1. The summed E-state index contributed by atoms with van der Waals surface area (Å²) >= 11 is 11.5. The maximum atomic E-state index is 12.0. The van der Waals surface area contributed by atoms with Crippen molar-refractivity contribution in [3.63, 3.8) is 0 Å². The first-order valence-electron chi connectivity index (χ1n) is 5.27. The van der Waals surface area contributed by atoms with Gasteiger partial charge >= 0.3 is 5.97 Å². The number of hydrogen-bond donors (Lipinski definition) is 1. The molecule has 0 bridgehead atoms. The molecule has 1 N–H and O–H groups in total. The van der Waals surface area contributed by atoms with Crippen molar-refractivity contribution in [3.05, 3.63) is 33.8 Å². The minimum Gasteiger partial charge on any atom is -0.480 e. The standard InChI is InChI=1S/C11H13Cl2NO4S/c1-7(11(15)16)14(2)19(17,18)6-8-3-4-9(12)10(13)5-8/h3-5,7H,6H2,1-2H3,(H,15,16). The molecule has 0 aromatic heterocycles. The largest absolute Gasteiger partial charge is 0.480 e. The fourth-order valence-corrected chi connectivity index (χ4v) is 3.04. The number of benzene rings is 1. The molecule has 1 aromatic rings. The van der Waals surface area contributed by atoms with E-state index in [1.54, 1.807) is 0 Å². The number of halogens is 2. The van der Waals surface area contributed by atoms with Gasteiger partial charge in [-0.2, -0.15) is 4.31 Å². The first-order valence-corrected chi connectivity index (χ1v) is 7.64. The van der Waals surface area contributed by atoms with Crippen molar-refractivity contribution in [2.75, 3.05) is 7.05 Å². The summed E-state index contributed by atoms with van der Waals surface area (Å²) in [4.78, 5) is 10.8. The monoisotopic (exact) mass is 325 g/mol. The number of nitrogens with zero attached hydrogens (tertiary/aromatic N) is 1. The SMILES string of the molecule is CC(C(=O)O)N(C)S(=O)(=O)Cc1ccc(Cl)c(Cl)c1. The summed E-state index contributed by atoms with van der Waals surface area (Å²) < 4.78 is 24.9. The summed E-state index contributed by atoms with van der Waals surface area (Å²) in [6, 6.07) is 3.34. The molecule has 0 amide bonds. The van der Waals surface area contributed by atoms with Crippen LogP contribution < -0.4 is 0 Å². The molecule has 1 rings (SSSR count). The molecule has 0 heterocycles. The highest BCUT2D eigenvalue weighted by Crippen LogP contribution is 2.24.